The van der Waals surface area contributed by atoms with Crippen LogP contribution in [0.25, 0.3) is 10.8 Å². The summed E-state index contributed by atoms with van der Waals surface area (Å²) in [7, 11) is 0. The van der Waals surface area contributed by atoms with Gasteiger partial charge in [0, 0.05) is 5.39 Å². The number of rotatable bonds is 6. The predicted octanol–water partition coefficient (Wildman–Crippen LogP) is 2.16. The fourth-order valence-corrected chi connectivity index (χ4v) is 3.26. The minimum absolute atomic E-state index is 0.000517. The summed E-state index contributed by atoms with van der Waals surface area (Å²) >= 11 is 0. The maximum Gasteiger partial charge on any atom is 0.290 e. The van der Waals surface area contributed by atoms with Gasteiger partial charge in [0.2, 0.25) is 0 Å². The van der Waals surface area contributed by atoms with E-state index in [4.69, 9.17) is 10.00 Å². The monoisotopic (exact) mass is 453 g/mol. The van der Waals surface area contributed by atoms with Crippen molar-refractivity contribution in [1.29, 1.82) is 5.26 Å². The van der Waals surface area contributed by atoms with Crippen molar-refractivity contribution in [3.63, 3.8) is 0 Å². The highest BCUT2D eigenvalue weighted by molar-refractivity contribution is 6.05. The molecular weight excluding hydrogens is 434 g/mol. The highest BCUT2D eigenvalue weighted by Gasteiger charge is 2.17. The number of fused-ring (bicyclic) bond motifs is 1. The number of hydrazine groups is 1. The molecule has 2 amide bonds. The first-order valence-electron chi connectivity index (χ1n) is 10.3. The molecule has 0 aliphatic rings. The van der Waals surface area contributed by atoms with Crippen molar-refractivity contribution in [2.24, 2.45) is 0 Å². The Morgan fingerprint density at radius 2 is 1.59 bits per heavy atom. The third kappa shape index (κ3) is 5.08. The molecular formula is C25H19N5O4. The third-order valence-electron chi connectivity index (χ3n) is 4.93. The zero-order chi connectivity index (χ0) is 23.9. The lowest BCUT2D eigenvalue weighted by Crippen LogP contribution is -2.44. The second-order valence-corrected chi connectivity index (χ2v) is 7.27. The molecule has 9 heteroatoms. The Balaban J connectivity index is 1.48. The van der Waals surface area contributed by atoms with Crippen LogP contribution in [0, 0.1) is 11.3 Å². The van der Waals surface area contributed by atoms with Crippen molar-refractivity contribution in [2.75, 3.05) is 6.61 Å². The number of nitrogens with one attached hydrogen (secondary N) is 2. The molecule has 0 aliphatic heterocycles. The van der Waals surface area contributed by atoms with Gasteiger partial charge in [-0.15, -0.1) is 0 Å². The molecule has 4 rings (SSSR count). The Labute approximate surface area is 194 Å². The van der Waals surface area contributed by atoms with E-state index in [1.807, 2.05) is 36.4 Å². The van der Waals surface area contributed by atoms with Crippen LogP contribution in [-0.2, 0) is 11.3 Å². The van der Waals surface area contributed by atoms with Crippen LogP contribution in [0.4, 0.5) is 0 Å². The van der Waals surface area contributed by atoms with E-state index in [1.165, 1.54) is 4.68 Å². The second kappa shape index (κ2) is 10.1. The molecule has 0 radical (unpaired) electrons. The van der Waals surface area contributed by atoms with Crippen molar-refractivity contribution in [3.8, 4) is 11.8 Å². The Kier molecular flexibility index (Phi) is 6.60. The van der Waals surface area contributed by atoms with Crippen LogP contribution in [0.2, 0.25) is 0 Å². The molecule has 0 saturated carbocycles. The van der Waals surface area contributed by atoms with E-state index < -0.39 is 11.8 Å². The number of hydrogen-bond donors (Lipinski definition) is 2. The zero-order valence-corrected chi connectivity index (χ0v) is 17.9. The lowest BCUT2D eigenvalue weighted by Gasteiger charge is -2.12. The molecule has 4 aromatic rings. The summed E-state index contributed by atoms with van der Waals surface area (Å²) in [6.07, 6.45) is 0. The predicted molar refractivity (Wildman–Crippen MR) is 124 cm³/mol. The van der Waals surface area contributed by atoms with Crippen molar-refractivity contribution in [3.05, 3.63) is 106 Å². The average Bonchev–Trinajstić information content (AvgIpc) is 2.88. The van der Waals surface area contributed by atoms with Gasteiger partial charge in [0.25, 0.3) is 17.4 Å². The van der Waals surface area contributed by atoms with Gasteiger partial charge in [-0.3, -0.25) is 25.2 Å². The van der Waals surface area contributed by atoms with Crippen LogP contribution in [0.15, 0.2) is 83.7 Å². The van der Waals surface area contributed by atoms with Crippen LogP contribution in [0.3, 0.4) is 0 Å². The van der Waals surface area contributed by atoms with Gasteiger partial charge in [0.15, 0.2) is 12.3 Å². The smallest absolute Gasteiger partial charge is 0.290 e. The Bertz CT molecular complexity index is 1440. The summed E-state index contributed by atoms with van der Waals surface area (Å²) in [5.74, 6) is -0.870. The van der Waals surface area contributed by atoms with E-state index >= 15 is 0 Å². The summed E-state index contributed by atoms with van der Waals surface area (Å²) in [5.41, 5.74) is 5.60. The van der Waals surface area contributed by atoms with E-state index in [-0.39, 0.29) is 24.4 Å². The highest BCUT2D eigenvalue weighted by Crippen LogP contribution is 2.14. The molecule has 0 unspecified atom stereocenters. The van der Waals surface area contributed by atoms with E-state index in [1.54, 1.807) is 48.5 Å². The van der Waals surface area contributed by atoms with Crippen molar-refractivity contribution in [2.45, 2.75) is 6.54 Å². The fraction of sp³-hybridized carbons (Fsp3) is 0.0800. The van der Waals surface area contributed by atoms with Gasteiger partial charge in [0.05, 0.1) is 23.6 Å². The molecule has 2 N–H and O–H groups in total. The molecule has 1 aromatic heterocycles. The van der Waals surface area contributed by atoms with Crippen molar-refractivity contribution >= 4 is 22.6 Å². The Hall–Kier alpha value is -4.97. The van der Waals surface area contributed by atoms with E-state index in [0.29, 0.717) is 22.1 Å². The fourth-order valence-electron chi connectivity index (χ4n) is 3.26. The number of ether oxygens (including phenoxy) is 1. The number of nitriles is 1. The first kappa shape index (κ1) is 22.2. The number of benzene rings is 3. The lowest BCUT2D eigenvalue weighted by atomic mass is 10.1. The Morgan fingerprint density at radius 1 is 0.912 bits per heavy atom. The molecule has 0 atom stereocenters. The minimum atomic E-state index is -0.676. The quantitative estimate of drug-likeness (QED) is 0.431. The normalized spacial score (nSPS) is 10.3. The average molecular weight is 453 g/mol. The summed E-state index contributed by atoms with van der Waals surface area (Å²) in [5, 5.41) is 13.8. The topological polar surface area (TPSA) is 126 Å². The lowest BCUT2D eigenvalue weighted by molar-refractivity contribution is -0.123. The molecule has 3 aromatic carbocycles. The molecule has 0 aliphatic carbocycles. The van der Waals surface area contributed by atoms with Gasteiger partial charge in [0.1, 0.15) is 5.75 Å². The summed E-state index contributed by atoms with van der Waals surface area (Å²) < 4.78 is 6.57. The van der Waals surface area contributed by atoms with E-state index in [2.05, 4.69) is 16.0 Å². The highest BCUT2D eigenvalue weighted by atomic mass is 16.5. The standard InChI is InChI=1S/C25H19N5O4/c26-14-17-10-12-19(13-11-17)34-16-22(31)27-28-24(32)23-20-8-4-5-9-21(20)25(33)30(29-23)15-18-6-2-1-3-7-18/h1-13H,15-16H2,(H,27,31)(H,28,32). The number of aromatic nitrogens is 2. The van der Waals surface area contributed by atoms with Crippen LogP contribution >= 0.6 is 0 Å². The Morgan fingerprint density at radius 3 is 2.29 bits per heavy atom. The largest absolute Gasteiger partial charge is 0.484 e. The van der Waals surface area contributed by atoms with Crippen molar-refractivity contribution < 1.29 is 14.3 Å². The molecule has 34 heavy (non-hydrogen) atoms. The van der Waals surface area contributed by atoms with Gasteiger partial charge < -0.3 is 4.74 Å². The third-order valence-corrected chi connectivity index (χ3v) is 4.93. The number of carbonyl (C=O) groups excluding carboxylic acids is 2. The number of carbonyl (C=O) groups is 2. The summed E-state index contributed by atoms with van der Waals surface area (Å²) in [6, 6.07) is 24.2. The molecule has 0 bridgehead atoms. The van der Waals surface area contributed by atoms with Gasteiger partial charge in [-0.25, -0.2) is 4.68 Å². The summed E-state index contributed by atoms with van der Waals surface area (Å²) in [6.45, 7) is -0.163. The van der Waals surface area contributed by atoms with E-state index in [9.17, 15) is 14.4 Å². The number of nitrogens with zero attached hydrogens (tertiary/aromatic N) is 3. The van der Waals surface area contributed by atoms with Gasteiger partial charge >= 0.3 is 0 Å². The first-order valence-corrected chi connectivity index (χ1v) is 10.3. The zero-order valence-electron chi connectivity index (χ0n) is 17.9. The van der Waals surface area contributed by atoms with Crippen LogP contribution in [0.1, 0.15) is 21.6 Å². The van der Waals surface area contributed by atoms with Crippen LogP contribution in [0.5, 0.6) is 5.75 Å². The maximum atomic E-state index is 12.9. The SMILES string of the molecule is N#Cc1ccc(OCC(=O)NNC(=O)c2nn(Cc3ccccc3)c(=O)c3ccccc23)cc1. The molecule has 168 valence electrons. The molecule has 1 heterocycles. The minimum Gasteiger partial charge on any atom is -0.484 e. The van der Waals surface area contributed by atoms with Gasteiger partial charge in [-0.2, -0.15) is 10.4 Å². The molecule has 0 fully saturated rings. The number of amides is 2. The van der Waals surface area contributed by atoms with Crippen LogP contribution < -0.4 is 21.1 Å². The second-order valence-electron chi connectivity index (χ2n) is 7.27. The summed E-state index contributed by atoms with van der Waals surface area (Å²) in [4.78, 5) is 37.9. The van der Waals surface area contributed by atoms with Gasteiger partial charge in [-0.1, -0.05) is 48.5 Å². The van der Waals surface area contributed by atoms with E-state index in [0.717, 1.165) is 5.56 Å². The first-order chi connectivity index (χ1) is 16.5. The number of hydrogen-bond acceptors (Lipinski definition) is 6. The van der Waals surface area contributed by atoms with Gasteiger partial charge in [-0.05, 0) is 35.9 Å². The molecule has 9 nitrogen and oxygen atoms in total. The molecule has 0 spiro atoms. The van der Waals surface area contributed by atoms with Crippen molar-refractivity contribution in [1.82, 2.24) is 20.6 Å². The van der Waals surface area contributed by atoms with Crippen LogP contribution in [-0.4, -0.2) is 28.2 Å². The molecule has 0 saturated heterocycles. The maximum absolute atomic E-state index is 12.9.